The summed E-state index contributed by atoms with van der Waals surface area (Å²) in [5.41, 5.74) is 7.71. The van der Waals surface area contributed by atoms with Gasteiger partial charge in [-0.05, 0) is 42.0 Å². The van der Waals surface area contributed by atoms with E-state index in [0.717, 1.165) is 17.8 Å². The largest absolute Gasteiger partial charge is 0.433 e. The van der Waals surface area contributed by atoms with Crippen LogP contribution in [0, 0.1) is 0 Å². The van der Waals surface area contributed by atoms with Gasteiger partial charge < -0.3 is 11.1 Å². The van der Waals surface area contributed by atoms with Crippen LogP contribution in [-0.4, -0.2) is 27.5 Å². The van der Waals surface area contributed by atoms with Gasteiger partial charge in [0.25, 0.3) is 5.91 Å². The maximum atomic E-state index is 12.9. The van der Waals surface area contributed by atoms with Gasteiger partial charge in [0.2, 0.25) is 0 Å². The van der Waals surface area contributed by atoms with E-state index < -0.39 is 11.9 Å². The Labute approximate surface area is 186 Å². The van der Waals surface area contributed by atoms with Crippen molar-refractivity contribution in [1.29, 1.82) is 0 Å². The van der Waals surface area contributed by atoms with Crippen molar-refractivity contribution in [2.45, 2.75) is 12.7 Å². The van der Waals surface area contributed by atoms with Crippen LogP contribution in [0.5, 0.6) is 0 Å². The highest BCUT2D eigenvalue weighted by Crippen LogP contribution is 2.37. The highest BCUT2D eigenvalue weighted by Gasteiger charge is 2.32. The molecule has 0 atom stereocenters. The maximum absolute atomic E-state index is 12.9. The molecular formula is C22H20F3N7O. The lowest BCUT2D eigenvalue weighted by Crippen LogP contribution is -2.28. The molecule has 0 aliphatic rings. The van der Waals surface area contributed by atoms with Gasteiger partial charge in [0.05, 0.1) is 23.1 Å². The van der Waals surface area contributed by atoms with E-state index in [0.29, 0.717) is 34.5 Å². The third-order valence-electron chi connectivity index (χ3n) is 5.05. The highest BCUT2D eigenvalue weighted by atomic mass is 19.4. The molecule has 0 fully saturated rings. The fraction of sp³-hybridized carbons (Fsp3) is 0.136. The number of benzene rings is 1. The Morgan fingerprint density at radius 2 is 1.97 bits per heavy atom. The van der Waals surface area contributed by atoms with Gasteiger partial charge in [0, 0.05) is 36.9 Å². The van der Waals surface area contributed by atoms with Crippen LogP contribution in [0.4, 0.5) is 24.7 Å². The van der Waals surface area contributed by atoms with Crippen LogP contribution in [0.2, 0.25) is 0 Å². The van der Waals surface area contributed by atoms with Crippen LogP contribution in [0.1, 0.15) is 21.6 Å². The van der Waals surface area contributed by atoms with Gasteiger partial charge >= 0.3 is 6.18 Å². The van der Waals surface area contributed by atoms with Crippen molar-refractivity contribution < 1.29 is 18.0 Å². The molecule has 170 valence electrons. The molecule has 0 saturated carbocycles. The van der Waals surface area contributed by atoms with Crippen LogP contribution in [0.25, 0.3) is 16.6 Å². The number of pyridine rings is 2. The number of hydrazine groups is 1. The van der Waals surface area contributed by atoms with Crippen molar-refractivity contribution in [1.82, 2.24) is 19.9 Å². The molecule has 5 N–H and O–H groups in total. The summed E-state index contributed by atoms with van der Waals surface area (Å²) in [5.74, 6) is 6.01. The summed E-state index contributed by atoms with van der Waals surface area (Å²) in [5, 5.41) is 4.60. The van der Waals surface area contributed by atoms with E-state index in [9.17, 15) is 18.0 Å². The molecule has 0 spiro atoms. The highest BCUT2D eigenvalue weighted by molar-refractivity contribution is 6.05. The Bertz CT molecular complexity index is 1300. The molecule has 3 heterocycles. The molecular weight excluding hydrogens is 435 g/mol. The van der Waals surface area contributed by atoms with Gasteiger partial charge in [0.15, 0.2) is 5.82 Å². The quantitative estimate of drug-likeness (QED) is 0.314. The molecule has 1 aromatic carbocycles. The number of alkyl halides is 3. The van der Waals surface area contributed by atoms with E-state index >= 15 is 0 Å². The predicted molar refractivity (Wildman–Crippen MR) is 118 cm³/mol. The molecule has 0 radical (unpaired) electrons. The standard InChI is InChI=1S/C22H20F3N7O/c1-31(27)21-19(26)16-9-14(20(33)30-11-13-3-2-8-28-10-13)4-6-17(16)32(21)15-5-7-18(29-12-15)22(23,24)25/h2-10,12H,11,26-27H2,1H3,(H,30,33). The minimum Gasteiger partial charge on any atom is -0.395 e. The normalized spacial score (nSPS) is 11.5. The second kappa shape index (κ2) is 8.43. The molecule has 0 aliphatic carbocycles. The number of nitrogen functional groups attached to an aromatic ring is 1. The van der Waals surface area contributed by atoms with Crippen LogP contribution in [0.3, 0.4) is 0 Å². The van der Waals surface area contributed by atoms with E-state index in [-0.39, 0.29) is 11.6 Å². The molecule has 0 saturated heterocycles. The molecule has 4 aromatic rings. The van der Waals surface area contributed by atoms with Crippen LogP contribution in [-0.2, 0) is 12.7 Å². The van der Waals surface area contributed by atoms with Crippen LogP contribution >= 0.6 is 0 Å². The van der Waals surface area contributed by atoms with Gasteiger partial charge in [-0.25, -0.2) is 10.8 Å². The third-order valence-corrected chi connectivity index (χ3v) is 5.05. The number of nitrogens with zero attached hydrogens (tertiary/aromatic N) is 4. The number of fused-ring (bicyclic) bond motifs is 1. The number of amides is 1. The second-order valence-corrected chi connectivity index (χ2v) is 7.36. The van der Waals surface area contributed by atoms with E-state index in [1.807, 2.05) is 6.07 Å². The lowest BCUT2D eigenvalue weighted by Gasteiger charge is -2.17. The average Bonchev–Trinajstić information content (AvgIpc) is 3.09. The Morgan fingerprint density at radius 3 is 2.58 bits per heavy atom. The van der Waals surface area contributed by atoms with Gasteiger partial charge in [-0.3, -0.25) is 19.4 Å². The first kappa shape index (κ1) is 22.1. The Morgan fingerprint density at radius 1 is 1.18 bits per heavy atom. The second-order valence-electron chi connectivity index (χ2n) is 7.36. The van der Waals surface area contributed by atoms with Crippen molar-refractivity contribution in [2.24, 2.45) is 5.84 Å². The number of carbonyl (C=O) groups excluding carboxylic acids is 1. The summed E-state index contributed by atoms with van der Waals surface area (Å²) in [6.07, 6.45) is -0.154. The van der Waals surface area contributed by atoms with Crippen molar-refractivity contribution in [3.05, 3.63) is 77.9 Å². The summed E-state index contributed by atoms with van der Waals surface area (Å²) >= 11 is 0. The van der Waals surface area contributed by atoms with Crippen LogP contribution < -0.4 is 21.9 Å². The molecule has 33 heavy (non-hydrogen) atoms. The topological polar surface area (TPSA) is 115 Å². The Balaban J connectivity index is 1.73. The minimum absolute atomic E-state index is 0.275. The van der Waals surface area contributed by atoms with E-state index in [1.165, 1.54) is 11.1 Å². The van der Waals surface area contributed by atoms with E-state index in [2.05, 4.69) is 15.3 Å². The number of anilines is 2. The van der Waals surface area contributed by atoms with Gasteiger partial charge in [0.1, 0.15) is 5.69 Å². The van der Waals surface area contributed by atoms with Crippen molar-refractivity contribution in [2.75, 3.05) is 17.8 Å². The molecule has 1 amide bonds. The SMILES string of the molecule is CN(N)c1c(N)c2cc(C(=O)NCc3cccnc3)ccc2n1-c1ccc(C(F)(F)F)nc1. The molecule has 11 heteroatoms. The fourth-order valence-electron chi connectivity index (χ4n) is 3.53. The lowest BCUT2D eigenvalue weighted by molar-refractivity contribution is -0.141. The van der Waals surface area contributed by atoms with Gasteiger partial charge in [-0.2, -0.15) is 13.2 Å². The summed E-state index contributed by atoms with van der Waals surface area (Å²) in [6.45, 7) is 0.301. The zero-order chi connectivity index (χ0) is 23.8. The molecule has 0 aliphatic heterocycles. The average molecular weight is 455 g/mol. The molecule has 0 bridgehead atoms. The zero-order valence-electron chi connectivity index (χ0n) is 17.5. The number of carbonyl (C=O) groups is 1. The number of hydrogen-bond acceptors (Lipinski definition) is 6. The van der Waals surface area contributed by atoms with Gasteiger partial charge in [-0.15, -0.1) is 0 Å². The number of aromatic nitrogens is 3. The van der Waals surface area contributed by atoms with Gasteiger partial charge in [-0.1, -0.05) is 6.07 Å². The first-order chi connectivity index (χ1) is 15.7. The van der Waals surface area contributed by atoms with Crippen molar-refractivity contribution >= 4 is 28.3 Å². The summed E-state index contributed by atoms with van der Waals surface area (Å²) < 4.78 is 40.3. The zero-order valence-corrected chi connectivity index (χ0v) is 17.5. The smallest absolute Gasteiger partial charge is 0.395 e. The van der Waals surface area contributed by atoms with Crippen LogP contribution in [0.15, 0.2) is 61.1 Å². The predicted octanol–water partition coefficient (Wildman–Crippen LogP) is 3.26. The molecule has 3 aromatic heterocycles. The number of rotatable bonds is 5. The first-order valence-electron chi connectivity index (χ1n) is 9.80. The Hall–Kier alpha value is -4.12. The first-order valence-corrected chi connectivity index (χ1v) is 9.80. The maximum Gasteiger partial charge on any atom is 0.433 e. The molecule has 8 nitrogen and oxygen atoms in total. The Kier molecular flexibility index (Phi) is 5.64. The van der Waals surface area contributed by atoms with E-state index in [1.54, 1.807) is 48.3 Å². The number of nitrogens with two attached hydrogens (primary N) is 2. The number of hydrogen-bond donors (Lipinski definition) is 3. The summed E-state index contributed by atoms with van der Waals surface area (Å²) in [6, 6.07) is 10.7. The fourth-order valence-corrected chi connectivity index (χ4v) is 3.53. The lowest BCUT2D eigenvalue weighted by atomic mass is 10.1. The molecule has 0 unspecified atom stereocenters. The number of halogens is 3. The monoisotopic (exact) mass is 455 g/mol. The van der Waals surface area contributed by atoms with Crippen molar-refractivity contribution in [3.63, 3.8) is 0 Å². The number of nitrogens with one attached hydrogen (secondary N) is 1. The minimum atomic E-state index is -4.55. The summed E-state index contributed by atoms with van der Waals surface area (Å²) in [7, 11) is 1.56. The summed E-state index contributed by atoms with van der Waals surface area (Å²) in [4.78, 5) is 20.2. The molecule has 4 rings (SSSR count). The van der Waals surface area contributed by atoms with E-state index in [4.69, 9.17) is 11.6 Å². The van der Waals surface area contributed by atoms with Crippen molar-refractivity contribution in [3.8, 4) is 5.69 Å². The third kappa shape index (κ3) is 4.30.